The fraction of sp³-hybridized carbons (Fsp3) is 0.375. The Morgan fingerprint density at radius 3 is 2.41 bits per heavy atom. The van der Waals surface area contributed by atoms with Crippen molar-refractivity contribution in [3.8, 4) is 5.75 Å². The van der Waals surface area contributed by atoms with Crippen LogP contribution in [0.25, 0.3) is 0 Å². The maximum Gasteiger partial charge on any atom is 0.573 e. The quantitative estimate of drug-likeness (QED) is 0.810. The lowest BCUT2D eigenvalue weighted by Crippen LogP contribution is -2.25. The third kappa shape index (κ3) is 3.41. The van der Waals surface area contributed by atoms with E-state index < -0.39 is 29.7 Å². The average molecular weight is 258 g/mol. The van der Waals surface area contributed by atoms with Crippen LogP contribution in [-0.4, -0.2) is 11.3 Å². The van der Waals surface area contributed by atoms with Crippen LogP contribution in [0.3, 0.4) is 0 Å². The lowest BCUT2D eigenvalue weighted by molar-refractivity contribution is -0.275. The number of H-pyrrole nitrogens is 1. The van der Waals surface area contributed by atoms with Crippen molar-refractivity contribution in [1.82, 2.24) is 4.98 Å². The molecule has 3 N–H and O–H groups in total. The first-order valence-electron chi connectivity index (χ1n) is 4.24. The summed E-state index contributed by atoms with van der Waals surface area (Å²) >= 11 is 0. The lowest BCUT2D eigenvalue weighted by atomic mass is 10.2. The van der Waals surface area contributed by atoms with Gasteiger partial charge in [0.05, 0.1) is 5.56 Å². The van der Waals surface area contributed by atoms with Crippen molar-refractivity contribution < 1.29 is 26.7 Å². The zero-order chi connectivity index (χ0) is 13.2. The van der Waals surface area contributed by atoms with E-state index >= 15 is 0 Å². The molecule has 0 unspecified atom stereocenters. The highest BCUT2D eigenvalue weighted by molar-refractivity contribution is 5.33. The average Bonchev–Trinajstić information content (AvgIpc) is 2.18. The van der Waals surface area contributed by atoms with Crippen molar-refractivity contribution in [2.75, 3.05) is 0 Å². The number of pyridine rings is 1. The zero-order valence-electron chi connectivity index (χ0n) is 8.15. The van der Waals surface area contributed by atoms with E-state index in [9.17, 15) is 26.7 Å². The summed E-state index contributed by atoms with van der Waals surface area (Å²) in [5.74, 6) is -1.47. The Kier molecular flexibility index (Phi) is 3.71. The van der Waals surface area contributed by atoms with Gasteiger partial charge in [-0.3, -0.25) is 4.79 Å². The molecule has 96 valence electrons. The summed E-state index contributed by atoms with van der Waals surface area (Å²) in [4.78, 5) is 13.0. The topological polar surface area (TPSA) is 68.1 Å². The highest BCUT2D eigenvalue weighted by atomic mass is 19.4. The number of alkyl halides is 5. The Balaban J connectivity index is 3.32. The molecule has 0 amide bonds. The standard InChI is InChI=1S/C8H7F5N2O2/c9-6(10)4-1-3(2-14)15-7(16)5(4)17-8(11,12)13/h1,6H,2,14H2,(H,15,16). The van der Waals surface area contributed by atoms with E-state index in [0.717, 1.165) is 0 Å². The summed E-state index contributed by atoms with van der Waals surface area (Å²) < 4.78 is 63.9. The van der Waals surface area contributed by atoms with Gasteiger partial charge >= 0.3 is 6.36 Å². The van der Waals surface area contributed by atoms with Gasteiger partial charge in [0.15, 0.2) is 0 Å². The van der Waals surface area contributed by atoms with Gasteiger partial charge in [0.1, 0.15) is 0 Å². The second-order valence-electron chi connectivity index (χ2n) is 2.96. The Hall–Kier alpha value is -1.64. The minimum atomic E-state index is -5.22. The predicted octanol–water partition coefficient (Wildman–Crippen LogP) is 1.67. The summed E-state index contributed by atoms with van der Waals surface area (Å²) in [5.41, 5.74) is 2.43. The van der Waals surface area contributed by atoms with E-state index in [1.165, 1.54) is 0 Å². The number of hydrogen-bond donors (Lipinski definition) is 2. The molecule has 0 saturated heterocycles. The van der Waals surface area contributed by atoms with Gasteiger partial charge in [-0.15, -0.1) is 13.2 Å². The fourth-order valence-electron chi connectivity index (χ4n) is 1.12. The number of nitrogens with one attached hydrogen (secondary N) is 1. The van der Waals surface area contributed by atoms with Gasteiger partial charge in [-0.05, 0) is 6.07 Å². The third-order valence-corrected chi connectivity index (χ3v) is 1.75. The van der Waals surface area contributed by atoms with Gasteiger partial charge in [-0.2, -0.15) is 0 Å². The number of ether oxygens (including phenoxy) is 1. The van der Waals surface area contributed by atoms with Gasteiger partial charge in [0, 0.05) is 12.2 Å². The van der Waals surface area contributed by atoms with Crippen LogP contribution in [0.15, 0.2) is 10.9 Å². The molecular weight excluding hydrogens is 251 g/mol. The van der Waals surface area contributed by atoms with Crippen LogP contribution in [0.1, 0.15) is 17.7 Å². The van der Waals surface area contributed by atoms with Gasteiger partial charge in [0.2, 0.25) is 5.75 Å². The molecule has 17 heavy (non-hydrogen) atoms. The van der Waals surface area contributed by atoms with Crippen molar-refractivity contribution in [1.29, 1.82) is 0 Å². The zero-order valence-corrected chi connectivity index (χ0v) is 8.15. The van der Waals surface area contributed by atoms with Gasteiger partial charge in [-0.1, -0.05) is 0 Å². The molecule has 0 atom stereocenters. The van der Waals surface area contributed by atoms with Crippen LogP contribution >= 0.6 is 0 Å². The highest BCUT2D eigenvalue weighted by Gasteiger charge is 2.35. The molecule has 0 radical (unpaired) electrons. The second kappa shape index (κ2) is 4.70. The van der Waals surface area contributed by atoms with Crippen LogP contribution in [-0.2, 0) is 6.54 Å². The molecule has 9 heteroatoms. The van der Waals surface area contributed by atoms with E-state index in [0.29, 0.717) is 6.07 Å². The van der Waals surface area contributed by atoms with E-state index in [2.05, 4.69) is 4.74 Å². The molecule has 0 bridgehead atoms. The SMILES string of the molecule is NCc1cc(C(F)F)c(OC(F)(F)F)c(=O)[nH]1. The first kappa shape index (κ1) is 13.4. The minimum Gasteiger partial charge on any atom is -0.399 e. The van der Waals surface area contributed by atoms with E-state index in [1.807, 2.05) is 4.98 Å². The molecule has 0 aliphatic heterocycles. The highest BCUT2D eigenvalue weighted by Crippen LogP contribution is 2.30. The molecule has 0 aromatic carbocycles. The van der Waals surface area contributed by atoms with Gasteiger partial charge in [-0.25, -0.2) is 8.78 Å². The summed E-state index contributed by atoms with van der Waals surface area (Å²) in [6.45, 7) is -0.290. The fourth-order valence-corrected chi connectivity index (χ4v) is 1.12. The third-order valence-electron chi connectivity index (χ3n) is 1.75. The predicted molar refractivity (Wildman–Crippen MR) is 46.6 cm³/mol. The Morgan fingerprint density at radius 2 is 2.00 bits per heavy atom. The van der Waals surface area contributed by atoms with Crippen LogP contribution in [0.5, 0.6) is 5.75 Å². The molecule has 0 fully saturated rings. The molecule has 0 spiro atoms. The first-order valence-corrected chi connectivity index (χ1v) is 4.24. The molecule has 4 nitrogen and oxygen atoms in total. The molecule has 0 aliphatic carbocycles. The van der Waals surface area contributed by atoms with Crippen LogP contribution < -0.4 is 16.0 Å². The lowest BCUT2D eigenvalue weighted by Gasteiger charge is -2.12. The summed E-state index contributed by atoms with van der Waals surface area (Å²) in [6, 6.07) is 0.660. The minimum absolute atomic E-state index is 0.111. The summed E-state index contributed by atoms with van der Waals surface area (Å²) in [7, 11) is 0. The smallest absolute Gasteiger partial charge is 0.399 e. The van der Waals surface area contributed by atoms with Crippen LogP contribution in [0.2, 0.25) is 0 Å². The maximum atomic E-state index is 12.5. The Morgan fingerprint density at radius 1 is 1.41 bits per heavy atom. The number of aromatic nitrogens is 1. The van der Waals surface area contributed by atoms with E-state index in [1.54, 1.807) is 0 Å². The molecule has 1 heterocycles. The number of hydrogen-bond acceptors (Lipinski definition) is 3. The van der Waals surface area contributed by atoms with Crippen molar-refractivity contribution in [3.05, 3.63) is 27.7 Å². The molecule has 0 aliphatic rings. The number of nitrogens with two attached hydrogens (primary N) is 1. The van der Waals surface area contributed by atoms with Crippen LogP contribution in [0, 0.1) is 0 Å². The number of rotatable bonds is 3. The normalized spacial score (nSPS) is 11.9. The van der Waals surface area contributed by atoms with Gasteiger partial charge in [0.25, 0.3) is 12.0 Å². The van der Waals surface area contributed by atoms with Crippen molar-refractivity contribution in [2.45, 2.75) is 19.3 Å². The maximum absolute atomic E-state index is 12.5. The molecule has 0 saturated carbocycles. The van der Waals surface area contributed by atoms with Crippen molar-refractivity contribution >= 4 is 0 Å². The van der Waals surface area contributed by atoms with E-state index in [-0.39, 0.29) is 12.2 Å². The van der Waals surface area contributed by atoms with E-state index in [4.69, 9.17) is 5.73 Å². The molecular formula is C8H7F5N2O2. The second-order valence-corrected chi connectivity index (χ2v) is 2.96. The summed E-state index contributed by atoms with van der Waals surface area (Å²) in [6.07, 6.45) is -8.50. The number of aromatic amines is 1. The van der Waals surface area contributed by atoms with Crippen molar-refractivity contribution in [3.63, 3.8) is 0 Å². The number of halogens is 5. The first-order chi connectivity index (χ1) is 7.74. The molecule has 1 aromatic heterocycles. The molecule has 1 aromatic rings. The van der Waals surface area contributed by atoms with Crippen LogP contribution in [0.4, 0.5) is 22.0 Å². The molecule has 1 rings (SSSR count). The monoisotopic (exact) mass is 258 g/mol. The van der Waals surface area contributed by atoms with Crippen molar-refractivity contribution in [2.24, 2.45) is 5.73 Å². The Labute approximate surface area is 91.2 Å². The van der Waals surface area contributed by atoms with Gasteiger partial charge < -0.3 is 15.5 Å². The summed E-state index contributed by atoms with van der Waals surface area (Å²) in [5, 5.41) is 0. The Bertz CT molecular complexity index is 454. The largest absolute Gasteiger partial charge is 0.573 e.